The number of hydrogen-bond acceptors (Lipinski definition) is 4. The van der Waals surface area contributed by atoms with Gasteiger partial charge in [0.1, 0.15) is 5.82 Å². The molecule has 1 aromatic carbocycles. The molecule has 0 atom stereocenters. The van der Waals surface area contributed by atoms with Crippen molar-refractivity contribution in [2.24, 2.45) is 0 Å². The summed E-state index contributed by atoms with van der Waals surface area (Å²) in [6.07, 6.45) is 1.39. The van der Waals surface area contributed by atoms with Gasteiger partial charge in [0.25, 0.3) is 0 Å². The molecule has 15 heavy (non-hydrogen) atoms. The fraction of sp³-hybridized carbons (Fsp3) is 0. The molecule has 0 aliphatic carbocycles. The maximum Gasteiger partial charge on any atom is 0.240 e. The van der Waals surface area contributed by atoms with Crippen molar-refractivity contribution in [2.45, 2.75) is 0 Å². The predicted octanol–water partition coefficient (Wildman–Crippen LogP) is 1.91. The van der Waals surface area contributed by atoms with Crippen molar-refractivity contribution >= 4 is 17.5 Å². The zero-order valence-corrected chi connectivity index (χ0v) is 8.24. The van der Waals surface area contributed by atoms with E-state index < -0.39 is 5.82 Å². The molecule has 0 unspecified atom stereocenters. The van der Waals surface area contributed by atoms with Crippen molar-refractivity contribution in [1.82, 2.24) is 15.2 Å². The van der Waals surface area contributed by atoms with E-state index in [0.29, 0.717) is 16.3 Å². The predicted molar refractivity (Wildman–Crippen MR) is 54.6 cm³/mol. The monoisotopic (exact) mass is 224 g/mol. The van der Waals surface area contributed by atoms with Crippen LogP contribution in [0.15, 0.2) is 24.4 Å². The second-order valence-electron chi connectivity index (χ2n) is 2.86. The minimum Gasteiger partial charge on any atom is -0.366 e. The van der Waals surface area contributed by atoms with Crippen LogP contribution in [0.2, 0.25) is 5.02 Å². The van der Waals surface area contributed by atoms with Crippen molar-refractivity contribution in [2.75, 3.05) is 5.73 Å². The average Bonchev–Trinajstić information content (AvgIpc) is 2.16. The molecule has 0 fully saturated rings. The molecule has 4 nitrogen and oxygen atoms in total. The minimum absolute atomic E-state index is 0.0351. The van der Waals surface area contributed by atoms with Crippen LogP contribution in [0.3, 0.4) is 0 Å². The Kier molecular flexibility index (Phi) is 2.47. The largest absolute Gasteiger partial charge is 0.366 e. The summed E-state index contributed by atoms with van der Waals surface area (Å²) in [5.41, 5.74) is 6.31. The third-order valence-corrected chi connectivity index (χ3v) is 1.95. The molecule has 0 radical (unpaired) electrons. The highest BCUT2D eigenvalue weighted by Crippen LogP contribution is 2.22. The first-order valence-corrected chi connectivity index (χ1v) is 4.44. The van der Waals surface area contributed by atoms with Crippen molar-refractivity contribution in [3.63, 3.8) is 0 Å². The summed E-state index contributed by atoms with van der Waals surface area (Å²) >= 11 is 5.70. The number of rotatable bonds is 1. The molecule has 6 heteroatoms. The van der Waals surface area contributed by atoms with Gasteiger partial charge in [0.2, 0.25) is 5.95 Å². The lowest BCUT2D eigenvalue weighted by molar-refractivity contribution is 0.628. The van der Waals surface area contributed by atoms with Gasteiger partial charge in [0.15, 0.2) is 0 Å². The quantitative estimate of drug-likeness (QED) is 0.804. The number of nitrogen functional groups attached to an aromatic ring is 1. The Bertz CT molecular complexity index is 483. The molecular formula is C9H6ClFN4. The molecule has 0 bridgehead atoms. The summed E-state index contributed by atoms with van der Waals surface area (Å²) in [7, 11) is 0. The van der Waals surface area contributed by atoms with Gasteiger partial charge in [-0.3, -0.25) is 0 Å². The normalized spacial score (nSPS) is 10.3. The Balaban J connectivity index is 2.54. The summed E-state index contributed by atoms with van der Waals surface area (Å²) in [5.74, 6) is -0.400. The molecule has 0 aliphatic rings. The Morgan fingerprint density at radius 1 is 1.27 bits per heavy atom. The van der Waals surface area contributed by atoms with Crippen LogP contribution in [-0.2, 0) is 0 Å². The van der Waals surface area contributed by atoms with Crippen molar-refractivity contribution in [3.8, 4) is 11.3 Å². The molecule has 1 aromatic heterocycles. The summed E-state index contributed by atoms with van der Waals surface area (Å²) in [6, 6.07) is 4.09. The molecule has 1 heterocycles. The lowest BCUT2D eigenvalue weighted by Gasteiger charge is -2.01. The van der Waals surface area contributed by atoms with Crippen LogP contribution in [0, 0.1) is 5.82 Å². The highest BCUT2D eigenvalue weighted by atomic mass is 35.5. The van der Waals surface area contributed by atoms with Crippen LogP contribution in [0.25, 0.3) is 11.3 Å². The molecule has 0 saturated heterocycles. The number of anilines is 1. The van der Waals surface area contributed by atoms with Crippen LogP contribution in [0.5, 0.6) is 0 Å². The van der Waals surface area contributed by atoms with Gasteiger partial charge in [-0.25, -0.2) is 9.37 Å². The third-order valence-electron chi connectivity index (χ3n) is 1.73. The van der Waals surface area contributed by atoms with Gasteiger partial charge in [0, 0.05) is 10.6 Å². The number of hydrogen-bond donors (Lipinski definition) is 1. The fourth-order valence-electron chi connectivity index (χ4n) is 1.16. The highest BCUT2D eigenvalue weighted by molar-refractivity contribution is 6.30. The first kappa shape index (κ1) is 9.79. The van der Waals surface area contributed by atoms with Gasteiger partial charge in [0.05, 0.1) is 11.9 Å². The SMILES string of the molecule is Nc1nncc(-c2cc(F)cc(Cl)c2)n1. The number of nitrogens with zero attached hydrogens (tertiary/aromatic N) is 3. The van der Waals surface area contributed by atoms with Crippen molar-refractivity contribution < 1.29 is 4.39 Å². The van der Waals surface area contributed by atoms with Gasteiger partial charge >= 0.3 is 0 Å². The summed E-state index contributed by atoms with van der Waals surface area (Å²) in [6.45, 7) is 0. The summed E-state index contributed by atoms with van der Waals surface area (Å²) in [5, 5.41) is 7.41. The van der Waals surface area contributed by atoms with E-state index in [1.54, 1.807) is 6.07 Å². The molecule has 76 valence electrons. The Morgan fingerprint density at radius 3 is 2.73 bits per heavy atom. The molecule has 0 spiro atoms. The topological polar surface area (TPSA) is 64.7 Å². The van der Waals surface area contributed by atoms with Crippen LogP contribution in [0.4, 0.5) is 10.3 Å². The standard InChI is InChI=1S/C9H6ClFN4/c10-6-1-5(2-7(11)3-6)8-4-13-15-9(12)14-8/h1-4H,(H2,12,14,15). The van der Waals surface area contributed by atoms with E-state index in [1.807, 2.05) is 0 Å². The lowest BCUT2D eigenvalue weighted by atomic mass is 10.1. The van der Waals surface area contributed by atoms with Gasteiger partial charge < -0.3 is 5.73 Å². The minimum atomic E-state index is -0.435. The van der Waals surface area contributed by atoms with Crippen molar-refractivity contribution in [1.29, 1.82) is 0 Å². The van der Waals surface area contributed by atoms with Crippen LogP contribution < -0.4 is 5.73 Å². The molecule has 0 saturated carbocycles. The van der Waals surface area contributed by atoms with Gasteiger partial charge in [-0.1, -0.05) is 11.6 Å². The first-order valence-electron chi connectivity index (χ1n) is 4.07. The fourth-order valence-corrected chi connectivity index (χ4v) is 1.38. The second kappa shape index (κ2) is 3.78. The lowest BCUT2D eigenvalue weighted by Crippen LogP contribution is -1.98. The van der Waals surface area contributed by atoms with E-state index in [0.717, 1.165) is 0 Å². The maximum atomic E-state index is 13.0. The molecule has 0 amide bonds. The smallest absolute Gasteiger partial charge is 0.240 e. The second-order valence-corrected chi connectivity index (χ2v) is 3.29. The van der Waals surface area contributed by atoms with E-state index in [-0.39, 0.29) is 5.95 Å². The highest BCUT2D eigenvalue weighted by Gasteiger charge is 2.04. The first-order chi connectivity index (χ1) is 7.15. The number of benzene rings is 1. The van der Waals surface area contributed by atoms with E-state index in [4.69, 9.17) is 17.3 Å². The van der Waals surface area contributed by atoms with Crippen LogP contribution in [0.1, 0.15) is 0 Å². The molecule has 2 rings (SSSR count). The molecule has 2 aromatic rings. The van der Waals surface area contributed by atoms with Crippen molar-refractivity contribution in [3.05, 3.63) is 35.2 Å². The van der Waals surface area contributed by atoms with Gasteiger partial charge in [-0.05, 0) is 18.2 Å². The van der Waals surface area contributed by atoms with E-state index in [9.17, 15) is 4.39 Å². The van der Waals surface area contributed by atoms with E-state index in [1.165, 1.54) is 18.3 Å². The van der Waals surface area contributed by atoms with Gasteiger partial charge in [-0.2, -0.15) is 5.10 Å². The number of halogens is 2. The zero-order chi connectivity index (χ0) is 10.8. The molecule has 0 aliphatic heterocycles. The zero-order valence-electron chi connectivity index (χ0n) is 7.48. The summed E-state index contributed by atoms with van der Waals surface area (Å²) in [4.78, 5) is 3.90. The molecule has 2 N–H and O–H groups in total. The Hall–Kier alpha value is -1.75. The number of aromatic nitrogens is 3. The average molecular weight is 225 g/mol. The third kappa shape index (κ3) is 2.19. The molecular weight excluding hydrogens is 219 g/mol. The van der Waals surface area contributed by atoms with Gasteiger partial charge in [-0.15, -0.1) is 5.10 Å². The summed E-state index contributed by atoms with van der Waals surface area (Å²) < 4.78 is 13.0. The maximum absolute atomic E-state index is 13.0. The Morgan fingerprint density at radius 2 is 2.07 bits per heavy atom. The van der Waals surface area contributed by atoms with Crippen LogP contribution in [-0.4, -0.2) is 15.2 Å². The Labute approximate surface area is 89.9 Å². The number of nitrogens with two attached hydrogens (primary N) is 1. The van der Waals surface area contributed by atoms with E-state index >= 15 is 0 Å². The van der Waals surface area contributed by atoms with E-state index in [2.05, 4.69) is 15.2 Å². The van der Waals surface area contributed by atoms with Crippen LogP contribution >= 0.6 is 11.6 Å².